The Labute approximate surface area is 121 Å². The van der Waals surface area contributed by atoms with E-state index in [1.807, 2.05) is 0 Å². The molecular formula is C13H16F3NO3S. The topological polar surface area (TPSA) is 54.5 Å². The summed E-state index contributed by atoms with van der Waals surface area (Å²) in [7, 11) is -3.75. The van der Waals surface area contributed by atoms with Crippen LogP contribution in [0.25, 0.3) is 0 Å². The molecule has 0 aliphatic carbocycles. The first-order valence-corrected chi connectivity index (χ1v) is 8.04. The van der Waals surface area contributed by atoms with Crippen LogP contribution < -0.4 is 0 Å². The second-order valence-corrected chi connectivity index (χ2v) is 7.13. The monoisotopic (exact) mass is 323 g/mol. The van der Waals surface area contributed by atoms with Crippen molar-refractivity contribution in [3.8, 4) is 0 Å². The molecule has 1 rings (SSSR count). The summed E-state index contributed by atoms with van der Waals surface area (Å²) in [6, 6.07) is 8.10. The first kappa shape index (κ1) is 17.5. The van der Waals surface area contributed by atoms with Crippen molar-refractivity contribution in [2.75, 3.05) is 12.8 Å². The van der Waals surface area contributed by atoms with Crippen LogP contribution in [0.4, 0.5) is 13.2 Å². The molecule has 0 fully saturated rings. The highest BCUT2D eigenvalue weighted by atomic mass is 32.2. The lowest BCUT2D eigenvalue weighted by Gasteiger charge is -2.26. The summed E-state index contributed by atoms with van der Waals surface area (Å²) in [5.41, 5.74) is 0.496. The van der Waals surface area contributed by atoms with Crippen molar-refractivity contribution < 1.29 is 26.4 Å². The van der Waals surface area contributed by atoms with Crippen molar-refractivity contribution >= 4 is 15.7 Å². The fraction of sp³-hybridized carbons (Fsp3) is 0.462. The van der Waals surface area contributed by atoms with Crippen molar-refractivity contribution in [1.29, 1.82) is 0 Å². The number of carbonyl (C=O) groups excluding carboxylic acids is 1. The van der Waals surface area contributed by atoms with Gasteiger partial charge in [0.2, 0.25) is 5.91 Å². The SMILES string of the molecule is C[C@H](C(=O)N(Cc1ccccc1)CC(F)(F)F)S(C)(=O)=O. The second kappa shape index (κ2) is 6.46. The number of halogens is 3. The van der Waals surface area contributed by atoms with Crippen LogP contribution in [-0.4, -0.2) is 43.5 Å². The molecule has 0 aliphatic heterocycles. The highest BCUT2D eigenvalue weighted by Gasteiger charge is 2.36. The Morgan fingerprint density at radius 3 is 2.19 bits per heavy atom. The third-order valence-corrected chi connectivity index (χ3v) is 4.37. The minimum atomic E-state index is -4.60. The van der Waals surface area contributed by atoms with Crippen LogP contribution in [0.1, 0.15) is 12.5 Å². The molecule has 8 heteroatoms. The van der Waals surface area contributed by atoms with E-state index in [1.165, 1.54) is 0 Å². The van der Waals surface area contributed by atoms with E-state index in [9.17, 15) is 26.4 Å². The van der Waals surface area contributed by atoms with Gasteiger partial charge in [-0.1, -0.05) is 30.3 Å². The molecule has 1 aromatic carbocycles. The first-order valence-electron chi connectivity index (χ1n) is 6.09. The van der Waals surface area contributed by atoms with Gasteiger partial charge in [-0.15, -0.1) is 0 Å². The maximum absolute atomic E-state index is 12.6. The quantitative estimate of drug-likeness (QED) is 0.833. The van der Waals surface area contributed by atoms with E-state index in [1.54, 1.807) is 30.3 Å². The molecular weight excluding hydrogens is 307 g/mol. The minimum Gasteiger partial charge on any atom is -0.328 e. The lowest BCUT2D eigenvalue weighted by Crippen LogP contribution is -2.45. The third kappa shape index (κ3) is 5.74. The van der Waals surface area contributed by atoms with Gasteiger partial charge in [0.15, 0.2) is 9.84 Å². The molecule has 1 aromatic rings. The summed E-state index contributed by atoms with van der Waals surface area (Å²) >= 11 is 0. The summed E-state index contributed by atoms with van der Waals surface area (Å²) in [5, 5.41) is -1.51. The van der Waals surface area contributed by atoms with E-state index in [2.05, 4.69) is 0 Å². The smallest absolute Gasteiger partial charge is 0.328 e. The maximum Gasteiger partial charge on any atom is 0.406 e. The maximum atomic E-state index is 12.6. The van der Waals surface area contributed by atoms with E-state index < -0.39 is 33.7 Å². The van der Waals surface area contributed by atoms with Crippen molar-refractivity contribution in [2.45, 2.75) is 24.9 Å². The molecule has 0 spiro atoms. The molecule has 0 aliphatic rings. The van der Waals surface area contributed by atoms with Gasteiger partial charge in [0.05, 0.1) is 0 Å². The van der Waals surface area contributed by atoms with E-state index in [0.29, 0.717) is 10.5 Å². The molecule has 4 nitrogen and oxygen atoms in total. The highest BCUT2D eigenvalue weighted by Crippen LogP contribution is 2.20. The first-order chi connectivity index (χ1) is 9.50. The number of sulfone groups is 1. The number of nitrogens with zero attached hydrogens (tertiary/aromatic N) is 1. The molecule has 0 aromatic heterocycles. The number of carbonyl (C=O) groups is 1. The molecule has 1 atom stereocenters. The Balaban J connectivity index is 3.00. The van der Waals surface area contributed by atoms with E-state index in [0.717, 1.165) is 13.2 Å². The summed E-state index contributed by atoms with van der Waals surface area (Å²) in [6.45, 7) is -0.689. The van der Waals surface area contributed by atoms with Crippen LogP contribution in [0.5, 0.6) is 0 Å². The van der Waals surface area contributed by atoms with Gasteiger partial charge in [-0.05, 0) is 12.5 Å². The molecule has 0 radical (unpaired) electrons. The minimum absolute atomic E-state index is 0.293. The average Bonchev–Trinajstić information content (AvgIpc) is 2.34. The van der Waals surface area contributed by atoms with Crippen LogP contribution in [0.3, 0.4) is 0 Å². The summed E-state index contributed by atoms with van der Waals surface area (Å²) in [4.78, 5) is 12.5. The zero-order valence-electron chi connectivity index (χ0n) is 11.6. The average molecular weight is 323 g/mol. The van der Waals surface area contributed by atoms with Crippen molar-refractivity contribution in [1.82, 2.24) is 4.90 Å². The number of rotatable bonds is 5. The normalized spacial score (nSPS) is 13.8. The second-order valence-electron chi connectivity index (χ2n) is 4.77. The Morgan fingerprint density at radius 2 is 1.76 bits per heavy atom. The highest BCUT2D eigenvalue weighted by molar-refractivity contribution is 7.92. The van der Waals surface area contributed by atoms with Gasteiger partial charge >= 0.3 is 6.18 Å². The Kier molecular flexibility index (Phi) is 5.38. The lowest BCUT2D eigenvalue weighted by molar-refractivity contribution is -0.162. The van der Waals surface area contributed by atoms with E-state index >= 15 is 0 Å². The Hall–Kier alpha value is -1.57. The van der Waals surface area contributed by atoms with E-state index in [4.69, 9.17) is 0 Å². The fourth-order valence-electron chi connectivity index (χ4n) is 1.67. The number of hydrogen-bond acceptors (Lipinski definition) is 3. The largest absolute Gasteiger partial charge is 0.406 e. The van der Waals surface area contributed by atoms with Crippen LogP contribution in [0.2, 0.25) is 0 Å². The lowest BCUT2D eigenvalue weighted by atomic mass is 10.2. The van der Waals surface area contributed by atoms with Crippen molar-refractivity contribution in [3.05, 3.63) is 35.9 Å². The fourth-order valence-corrected chi connectivity index (χ4v) is 2.19. The standard InChI is InChI=1S/C13H16F3NO3S/c1-10(21(2,19)20)12(18)17(9-13(14,15)16)8-11-6-4-3-5-7-11/h3-7,10H,8-9H2,1-2H3/t10-/m1/s1. The van der Waals surface area contributed by atoms with Crippen molar-refractivity contribution in [2.24, 2.45) is 0 Å². The summed E-state index contributed by atoms with van der Waals surface area (Å²) < 4.78 is 60.5. The Bertz CT molecular complexity index is 584. The van der Waals surface area contributed by atoms with Gasteiger partial charge in [-0.2, -0.15) is 13.2 Å². The molecule has 21 heavy (non-hydrogen) atoms. The molecule has 0 heterocycles. The molecule has 0 saturated carbocycles. The molecule has 1 amide bonds. The number of hydrogen-bond donors (Lipinski definition) is 0. The molecule has 0 N–H and O–H groups in total. The van der Waals surface area contributed by atoms with Crippen LogP contribution >= 0.6 is 0 Å². The van der Waals surface area contributed by atoms with Crippen LogP contribution in [-0.2, 0) is 21.2 Å². The molecule has 118 valence electrons. The van der Waals surface area contributed by atoms with Crippen LogP contribution in [0.15, 0.2) is 30.3 Å². The zero-order valence-corrected chi connectivity index (χ0v) is 12.4. The zero-order chi connectivity index (χ0) is 16.3. The van der Waals surface area contributed by atoms with Gasteiger partial charge in [0, 0.05) is 12.8 Å². The number of benzene rings is 1. The van der Waals surface area contributed by atoms with Gasteiger partial charge in [-0.3, -0.25) is 4.79 Å². The predicted molar refractivity (Wildman–Crippen MR) is 72.2 cm³/mol. The number of amides is 1. The van der Waals surface area contributed by atoms with Gasteiger partial charge in [0.25, 0.3) is 0 Å². The summed E-state index contributed by atoms with van der Waals surface area (Å²) in [5.74, 6) is -1.06. The molecule has 0 bridgehead atoms. The third-order valence-electron chi connectivity index (χ3n) is 2.89. The molecule has 0 unspecified atom stereocenters. The number of alkyl halides is 3. The van der Waals surface area contributed by atoms with Crippen molar-refractivity contribution in [3.63, 3.8) is 0 Å². The van der Waals surface area contributed by atoms with Gasteiger partial charge in [0.1, 0.15) is 11.8 Å². The summed E-state index contributed by atoms with van der Waals surface area (Å²) in [6.07, 6.45) is -3.77. The Morgan fingerprint density at radius 1 is 1.24 bits per heavy atom. The van der Waals surface area contributed by atoms with Gasteiger partial charge < -0.3 is 4.90 Å². The van der Waals surface area contributed by atoms with E-state index in [-0.39, 0.29) is 6.54 Å². The molecule has 0 saturated heterocycles. The van der Waals surface area contributed by atoms with Gasteiger partial charge in [-0.25, -0.2) is 8.42 Å². The predicted octanol–water partition coefficient (Wildman–Crippen LogP) is 2.01. The van der Waals surface area contributed by atoms with Crippen LogP contribution in [0, 0.1) is 0 Å².